The fourth-order valence-electron chi connectivity index (χ4n) is 3.57. The molecule has 0 amide bonds. The first-order valence-electron chi connectivity index (χ1n) is 10.6. The van der Waals surface area contributed by atoms with Crippen molar-refractivity contribution in [2.24, 2.45) is 5.92 Å². The van der Waals surface area contributed by atoms with E-state index < -0.39 is 0 Å². The van der Waals surface area contributed by atoms with Crippen LogP contribution in [0, 0.1) is 12.8 Å². The number of phenols is 1. The molecule has 3 nitrogen and oxygen atoms in total. The molecule has 0 aromatic heterocycles. The van der Waals surface area contributed by atoms with Gasteiger partial charge in [-0.15, -0.1) is 0 Å². The second-order valence-corrected chi connectivity index (χ2v) is 8.27. The topological polar surface area (TPSA) is 57.5 Å². The van der Waals surface area contributed by atoms with E-state index in [0.717, 1.165) is 12.0 Å². The van der Waals surface area contributed by atoms with Crippen molar-refractivity contribution in [1.82, 2.24) is 0 Å². The van der Waals surface area contributed by atoms with Crippen molar-refractivity contribution in [2.45, 2.75) is 40.0 Å². The third-order valence-corrected chi connectivity index (χ3v) is 5.11. The summed E-state index contributed by atoms with van der Waals surface area (Å²) in [4.78, 5) is 8.36. The molecule has 0 saturated heterocycles. The van der Waals surface area contributed by atoms with Gasteiger partial charge in [-0.3, -0.25) is 4.79 Å². The lowest BCUT2D eigenvalue weighted by Crippen LogP contribution is -1.99. The van der Waals surface area contributed by atoms with Crippen LogP contribution in [0.1, 0.15) is 60.1 Å². The minimum absolute atomic E-state index is 0.250. The quantitative estimate of drug-likeness (QED) is 0.339. The Morgan fingerprint density at radius 2 is 1.39 bits per heavy atom. The Bertz CT molecular complexity index is 984. The first-order valence-corrected chi connectivity index (χ1v) is 10.6. The average Bonchev–Trinajstić information content (AvgIpc) is 2.73. The highest BCUT2D eigenvalue weighted by atomic mass is 16.3. The molecule has 162 valence electrons. The van der Waals surface area contributed by atoms with Crippen molar-refractivity contribution in [3.05, 3.63) is 100 Å². The Morgan fingerprint density at radius 3 is 1.97 bits per heavy atom. The summed E-state index contributed by atoms with van der Waals surface area (Å²) in [6.07, 6.45) is 5.36. The lowest BCUT2D eigenvalue weighted by molar-refractivity contribution is -0.122. The Hall–Kier alpha value is -3.33. The van der Waals surface area contributed by atoms with Crippen molar-refractivity contribution < 1.29 is 15.0 Å². The molecule has 0 radical (unpaired) electrons. The van der Waals surface area contributed by atoms with Gasteiger partial charge in [0.1, 0.15) is 5.75 Å². The molecular weight excluding hydrogens is 384 g/mol. The van der Waals surface area contributed by atoms with Crippen LogP contribution in [0.5, 0.6) is 5.75 Å². The number of carbonyl (C=O) groups is 1. The molecule has 2 N–H and O–H groups in total. The number of carboxylic acid groups (broad SMARTS) is 1. The summed E-state index contributed by atoms with van der Waals surface area (Å²) < 4.78 is 0. The second kappa shape index (κ2) is 11.8. The van der Waals surface area contributed by atoms with E-state index >= 15 is 0 Å². The van der Waals surface area contributed by atoms with Crippen molar-refractivity contribution in [3.8, 4) is 5.75 Å². The summed E-state index contributed by atoms with van der Waals surface area (Å²) in [5, 5.41) is 16.3. The van der Waals surface area contributed by atoms with Gasteiger partial charge in [0, 0.05) is 5.92 Å². The van der Waals surface area contributed by atoms with E-state index in [-0.39, 0.29) is 6.47 Å². The monoisotopic (exact) mass is 416 g/mol. The molecule has 0 aliphatic carbocycles. The Labute approximate surface area is 185 Å². The Kier molecular flexibility index (Phi) is 9.08. The van der Waals surface area contributed by atoms with Gasteiger partial charge in [-0.25, -0.2) is 0 Å². The zero-order valence-electron chi connectivity index (χ0n) is 18.7. The molecule has 0 heterocycles. The van der Waals surface area contributed by atoms with Gasteiger partial charge < -0.3 is 10.2 Å². The zero-order valence-corrected chi connectivity index (χ0v) is 18.7. The summed E-state index contributed by atoms with van der Waals surface area (Å²) in [5.74, 6) is 1.33. The van der Waals surface area contributed by atoms with Gasteiger partial charge in [-0.05, 0) is 59.2 Å². The molecule has 3 rings (SSSR count). The molecule has 0 saturated carbocycles. The minimum Gasteiger partial charge on any atom is -0.508 e. The highest BCUT2D eigenvalue weighted by Crippen LogP contribution is 2.27. The molecule has 0 spiro atoms. The fourth-order valence-corrected chi connectivity index (χ4v) is 3.57. The maximum atomic E-state index is 9.42. The highest BCUT2D eigenvalue weighted by molar-refractivity contribution is 5.70. The molecule has 31 heavy (non-hydrogen) atoms. The zero-order chi connectivity index (χ0) is 22.8. The minimum atomic E-state index is -0.250. The first-order chi connectivity index (χ1) is 14.8. The van der Waals surface area contributed by atoms with Gasteiger partial charge >= 0.3 is 0 Å². The van der Waals surface area contributed by atoms with Crippen molar-refractivity contribution >= 4 is 18.6 Å². The number of hydrogen-bond donors (Lipinski definition) is 2. The van der Waals surface area contributed by atoms with E-state index in [0.29, 0.717) is 17.6 Å². The fraction of sp³-hybridized carbons (Fsp3) is 0.250. The van der Waals surface area contributed by atoms with Crippen LogP contribution in [0.4, 0.5) is 0 Å². The average molecular weight is 417 g/mol. The standard InChI is InChI=1S/C27H30O.CH2O2/c1-19(2)15-23-7-11-25(12-8-23)21(4)26-17-20(3)16-24(18-26)6-5-22-9-13-27(28)14-10-22;2-1-3/h5-14,16-19,21,28H,15H2,1-4H3;1H,(H,2,3)/b6-5+;. The largest absolute Gasteiger partial charge is 0.508 e. The second-order valence-electron chi connectivity index (χ2n) is 8.27. The van der Waals surface area contributed by atoms with Gasteiger partial charge in [0.05, 0.1) is 0 Å². The molecule has 0 aliphatic rings. The SMILES string of the molecule is Cc1cc(/C=C/c2ccc(O)cc2)cc(C(C)c2ccc(CC(C)C)cc2)c1.O=CO. The number of aryl methyl sites for hydroxylation is 1. The van der Waals surface area contributed by atoms with Crippen molar-refractivity contribution in [1.29, 1.82) is 0 Å². The van der Waals surface area contributed by atoms with Crippen LogP contribution in [0.3, 0.4) is 0 Å². The van der Waals surface area contributed by atoms with E-state index in [2.05, 4.69) is 82.3 Å². The van der Waals surface area contributed by atoms with E-state index in [1.807, 2.05) is 12.1 Å². The summed E-state index contributed by atoms with van der Waals surface area (Å²) in [6, 6.07) is 23.1. The number of benzene rings is 3. The third-order valence-electron chi connectivity index (χ3n) is 5.11. The molecule has 3 aromatic carbocycles. The number of rotatable bonds is 6. The lowest BCUT2D eigenvalue weighted by atomic mass is 9.89. The van der Waals surface area contributed by atoms with Gasteiger partial charge in [0.2, 0.25) is 0 Å². The van der Waals surface area contributed by atoms with E-state index in [4.69, 9.17) is 9.90 Å². The van der Waals surface area contributed by atoms with Gasteiger partial charge in [0.25, 0.3) is 6.47 Å². The number of hydrogen-bond acceptors (Lipinski definition) is 2. The maximum absolute atomic E-state index is 9.42. The Morgan fingerprint density at radius 1 is 0.806 bits per heavy atom. The third kappa shape index (κ3) is 7.78. The smallest absolute Gasteiger partial charge is 0.290 e. The lowest BCUT2D eigenvalue weighted by Gasteiger charge is -2.15. The van der Waals surface area contributed by atoms with Crippen molar-refractivity contribution in [2.75, 3.05) is 0 Å². The van der Waals surface area contributed by atoms with Crippen LogP contribution in [0.2, 0.25) is 0 Å². The maximum Gasteiger partial charge on any atom is 0.290 e. The normalized spacial score (nSPS) is 11.8. The molecule has 0 bridgehead atoms. The van der Waals surface area contributed by atoms with Crippen LogP contribution in [0.25, 0.3) is 12.2 Å². The molecule has 3 aromatic rings. The van der Waals surface area contributed by atoms with Crippen LogP contribution >= 0.6 is 0 Å². The molecular formula is C28H32O3. The molecule has 1 unspecified atom stereocenters. The predicted molar refractivity (Wildman–Crippen MR) is 129 cm³/mol. The summed E-state index contributed by atoms with van der Waals surface area (Å²) in [6.45, 7) is 8.70. The summed E-state index contributed by atoms with van der Waals surface area (Å²) in [5.41, 5.74) is 7.65. The highest BCUT2D eigenvalue weighted by Gasteiger charge is 2.10. The molecule has 0 aliphatic heterocycles. The van der Waals surface area contributed by atoms with Crippen LogP contribution in [0.15, 0.2) is 66.7 Å². The van der Waals surface area contributed by atoms with Gasteiger partial charge in [-0.1, -0.05) is 93.1 Å². The van der Waals surface area contributed by atoms with Crippen LogP contribution < -0.4 is 0 Å². The van der Waals surface area contributed by atoms with Gasteiger partial charge in [0.15, 0.2) is 0 Å². The van der Waals surface area contributed by atoms with Crippen LogP contribution in [-0.4, -0.2) is 16.7 Å². The number of aromatic hydroxyl groups is 1. The van der Waals surface area contributed by atoms with E-state index in [1.54, 1.807) is 12.1 Å². The summed E-state index contributed by atoms with van der Waals surface area (Å²) in [7, 11) is 0. The van der Waals surface area contributed by atoms with Gasteiger partial charge in [-0.2, -0.15) is 0 Å². The first kappa shape index (κ1) is 23.9. The van der Waals surface area contributed by atoms with Crippen LogP contribution in [-0.2, 0) is 11.2 Å². The number of phenolic OH excluding ortho intramolecular Hbond substituents is 1. The molecule has 0 fully saturated rings. The van der Waals surface area contributed by atoms with Crippen molar-refractivity contribution in [3.63, 3.8) is 0 Å². The molecule has 1 atom stereocenters. The van der Waals surface area contributed by atoms with E-state index in [9.17, 15) is 5.11 Å². The van der Waals surface area contributed by atoms with E-state index in [1.165, 1.54) is 27.8 Å². The predicted octanol–water partition coefficient (Wildman–Crippen LogP) is 6.92. The molecule has 3 heteroatoms. The summed E-state index contributed by atoms with van der Waals surface area (Å²) >= 11 is 0. The Balaban J connectivity index is 0.00000107.